The number of carbonyl (C=O) groups is 1. The summed E-state index contributed by atoms with van der Waals surface area (Å²) in [5.41, 5.74) is 0. The fraction of sp³-hybridized carbons (Fsp3) is 0.583. The van der Waals surface area contributed by atoms with Gasteiger partial charge in [0.05, 0.1) is 13.2 Å². The van der Waals surface area contributed by atoms with Crippen molar-refractivity contribution in [1.82, 2.24) is 15.1 Å². The number of aromatic nitrogens is 2. The molecule has 2 heterocycles. The molecular weight excluding hydrogens is 234 g/mol. The maximum absolute atomic E-state index is 11.5. The van der Waals surface area contributed by atoms with Gasteiger partial charge in [0.15, 0.2) is 6.10 Å². The van der Waals surface area contributed by atoms with Gasteiger partial charge in [-0.15, -0.1) is 10.2 Å². The van der Waals surface area contributed by atoms with E-state index >= 15 is 0 Å². The highest BCUT2D eigenvalue weighted by atomic mass is 16.5. The van der Waals surface area contributed by atoms with E-state index in [0.29, 0.717) is 31.5 Å². The molecule has 18 heavy (non-hydrogen) atoms. The van der Waals surface area contributed by atoms with Crippen molar-refractivity contribution in [3.05, 3.63) is 24.4 Å². The molecule has 6 nitrogen and oxygen atoms in total. The lowest BCUT2D eigenvalue weighted by Crippen LogP contribution is -2.41. The summed E-state index contributed by atoms with van der Waals surface area (Å²) in [7, 11) is 0. The van der Waals surface area contributed by atoms with Crippen LogP contribution in [-0.4, -0.2) is 40.7 Å². The van der Waals surface area contributed by atoms with Crippen molar-refractivity contribution >= 4 is 5.91 Å². The third kappa shape index (κ3) is 2.59. The summed E-state index contributed by atoms with van der Waals surface area (Å²) in [5, 5.41) is 7.94. The average Bonchev–Trinajstić information content (AvgIpc) is 2.88. The van der Waals surface area contributed by atoms with Crippen LogP contribution in [0.3, 0.4) is 0 Å². The summed E-state index contributed by atoms with van der Waals surface area (Å²) in [5.74, 6) is 1.09. The van der Waals surface area contributed by atoms with Crippen LogP contribution in [0.5, 0.6) is 0 Å². The zero-order chi connectivity index (χ0) is 13.1. The summed E-state index contributed by atoms with van der Waals surface area (Å²) in [6, 6.07) is 0. The molecule has 1 aliphatic heterocycles. The van der Waals surface area contributed by atoms with Gasteiger partial charge in [-0.25, -0.2) is 0 Å². The molecule has 0 N–H and O–H groups in total. The van der Waals surface area contributed by atoms with Gasteiger partial charge in [0, 0.05) is 12.5 Å². The van der Waals surface area contributed by atoms with E-state index in [9.17, 15) is 4.79 Å². The number of nitrogens with zero attached hydrogens (tertiary/aromatic N) is 3. The van der Waals surface area contributed by atoms with Crippen LogP contribution in [0, 0.1) is 0 Å². The largest absolute Gasteiger partial charge is 0.422 e. The predicted octanol–water partition coefficient (Wildman–Crippen LogP) is 1.28. The van der Waals surface area contributed by atoms with E-state index in [1.54, 1.807) is 4.90 Å². The molecule has 0 unspecified atom stereocenters. The molecule has 0 aliphatic carbocycles. The molecule has 0 spiro atoms. The Morgan fingerprint density at radius 1 is 1.56 bits per heavy atom. The minimum Gasteiger partial charge on any atom is -0.422 e. The topological polar surface area (TPSA) is 68.5 Å². The Balaban J connectivity index is 2.08. The zero-order valence-corrected chi connectivity index (χ0v) is 10.6. The standard InChI is InChI=1S/C12H17N3O3/c1-4-10(16)15-5-6-17-9(7-15)12-14-13-11(18-12)8(2)3/h4,8-9H,1,5-7H2,2-3H3/t9-/m0/s1. The van der Waals surface area contributed by atoms with Crippen molar-refractivity contribution in [2.75, 3.05) is 19.7 Å². The molecular formula is C12H17N3O3. The van der Waals surface area contributed by atoms with Gasteiger partial charge < -0.3 is 14.1 Å². The van der Waals surface area contributed by atoms with Crippen LogP contribution < -0.4 is 0 Å². The summed E-state index contributed by atoms with van der Waals surface area (Å²) in [6.45, 7) is 8.88. The minimum atomic E-state index is -0.345. The molecule has 0 aromatic carbocycles. The molecule has 1 fully saturated rings. The molecule has 1 atom stereocenters. The average molecular weight is 251 g/mol. The maximum atomic E-state index is 11.5. The Morgan fingerprint density at radius 3 is 2.94 bits per heavy atom. The van der Waals surface area contributed by atoms with Gasteiger partial charge in [0.25, 0.3) is 0 Å². The van der Waals surface area contributed by atoms with E-state index in [0.717, 1.165) is 0 Å². The summed E-state index contributed by atoms with van der Waals surface area (Å²) < 4.78 is 11.1. The monoisotopic (exact) mass is 251 g/mol. The van der Waals surface area contributed by atoms with Crippen LogP contribution in [0.2, 0.25) is 0 Å². The molecule has 0 saturated carbocycles. The van der Waals surface area contributed by atoms with E-state index in [1.165, 1.54) is 6.08 Å². The van der Waals surface area contributed by atoms with E-state index in [-0.39, 0.29) is 17.9 Å². The second kappa shape index (κ2) is 5.30. The van der Waals surface area contributed by atoms with Crippen LogP contribution in [-0.2, 0) is 9.53 Å². The molecule has 0 bridgehead atoms. The number of hydrogen-bond donors (Lipinski definition) is 0. The van der Waals surface area contributed by atoms with Crippen LogP contribution in [0.4, 0.5) is 0 Å². The van der Waals surface area contributed by atoms with Crippen molar-refractivity contribution in [3.8, 4) is 0 Å². The molecule has 1 amide bonds. The van der Waals surface area contributed by atoms with E-state index in [2.05, 4.69) is 16.8 Å². The summed E-state index contributed by atoms with van der Waals surface area (Å²) >= 11 is 0. The lowest BCUT2D eigenvalue weighted by molar-refractivity contribution is -0.134. The SMILES string of the molecule is C=CC(=O)N1CCO[C@H](c2nnc(C(C)C)o2)C1. The lowest BCUT2D eigenvalue weighted by atomic mass is 10.2. The van der Waals surface area contributed by atoms with Crippen LogP contribution in [0.1, 0.15) is 37.7 Å². The molecule has 1 aliphatic rings. The summed E-state index contributed by atoms with van der Waals surface area (Å²) in [4.78, 5) is 13.2. The fourth-order valence-corrected chi connectivity index (χ4v) is 1.74. The Labute approximate surface area is 106 Å². The molecule has 1 aromatic heterocycles. The van der Waals surface area contributed by atoms with Gasteiger partial charge in [0.2, 0.25) is 17.7 Å². The Morgan fingerprint density at radius 2 is 2.33 bits per heavy atom. The van der Waals surface area contributed by atoms with Crippen molar-refractivity contribution in [3.63, 3.8) is 0 Å². The van der Waals surface area contributed by atoms with Gasteiger partial charge >= 0.3 is 0 Å². The van der Waals surface area contributed by atoms with Crippen molar-refractivity contribution < 1.29 is 13.9 Å². The highest BCUT2D eigenvalue weighted by Crippen LogP contribution is 2.23. The van der Waals surface area contributed by atoms with Crippen LogP contribution in [0.25, 0.3) is 0 Å². The third-order valence-corrected chi connectivity index (χ3v) is 2.78. The Bertz CT molecular complexity index is 442. The Kier molecular flexibility index (Phi) is 3.76. The molecule has 6 heteroatoms. The fourth-order valence-electron chi connectivity index (χ4n) is 1.74. The van der Waals surface area contributed by atoms with E-state index in [1.807, 2.05) is 13.8 Å². The smallest absolute Gasteiger partial charge is 0.247 e. The normalized spacial score (nSPS) is 20.2. The molecule has 98 valence electrons. The highest BCUT2D eigenvalue weighted by Gasteiger charge is 2.28. The number of rotatable bonds is 3. The minimum absolute atomic E-state index is 0.105. The molecule has 2 rings (SSSR count). The van der Waals surface area contributed by atoms with Gasteiger partial charge in [-0.2, -0.15) is 0 Å². The third-order valence-electron chi connectivity index (χ3n) is 2.78. The van der Waals surface area contributed by atoms with Gasteiger partial charge in [0.1, 0.15) is 0 Å². The van der Waals surface area contributed by atoms with Gasteiger partial charge in [-0.05, 0) is 6.08 Å². The molecule has 0 radical (unpaired) electrons. The number of carbonyl (C=O) groups excluding carboxylic acids is 1. The molecule has 1 aromatic rings. The van der Waals surface area contributed by atoms with Crippen molar-refractivity contribution in [1.29, 1.82) is 0 Å². The van der Waals surface area contributed by atoms with Crippen LogP contribution in [0.15, 0.2) is 17.1 Å². The number of morpholine rings is 1. The highest BCUT2D eigenvalue weighted by molar-refractivity contribution is 5.87. The summed E-state index contributed by atoms with van der Waals surface area (Å²) in [6.07, 6.45) is 0.957. The first-order valence-electron chi connectivity index (χ1n) is 5.98. The van der Waals surface area contributed by atoms with Gasteiger partial charge in [-0.3, -0.25) is 4.79 Å². The predicted molar refractivity (Wildman–Crippen MR) is 63.9 cm³/mol. The second-order valence-corrected chi connectivity index (χ2v) is 4.48. The van der Waals surface area contributed by atoms with Crippen molar-refractivity contribution in [2.45, 2.75) is 25.9 Å². The number of ether oxygens (including phenoxy) is 1. The zero-order valence-electron chi connectivity index (χ0n) is 10.6. The van der Waals surface area contributed by atoms with E-state index < -0.39 is 0 Å². The first-order chi connectivity index (χ1) is 8.61. The maximum Gasteiger partial charge on any atom is 0.247 e. The van der Waals surface area contributed by atoms with Gasteiger partial charge in [-0.1, -0.05) is 20.4 Å². The Hall–Kier alpha value is -1.69. The van der Waals surface area contributed by atoms with Crippen molar-refractivity contribution in [2.24, 2.45) is 0 Å². The molecule has 1 saturated heterocycles. The van der Waals surface area contributed by atoms with Crippen LogP contribution >= 0.6 is 0 Å². The first-order valence-corrected chi connectivity index (χ1v) is 5.98. The quantitative estimate of drug-likeness (QED) is 0.757. The van der Waals surface area contributed by atoms with E-state index in [4.69, 9.17) is 9.15 Å². The number of amides is 1. The second-order valence-electron chi connectivity index (χ2n) is 4.48. The first kappa shape index (κ1) is 12.8. The lowest BCUT2D eigenvalue weighted by Gasteiger charge is -2.30. The number of hydrogen-bond acceptors (Lipinski definition) is 5.